The van der Waals surface area contributed by atoms with Crippen molar-refractivity contribution in [3.63, 3.8) is 0 Å². The van der Waals surface area contributed by atoms with Crippen molar-refractivity contribution in [2.24, 2.45) is 0 Å². The summed E-state index contributed by atoms with van der Waals surface area (Å²) >= 11 is 0. The summed E-state index contributed by atoms with van der Waals surface area (Å²) in [6, 6.07) is 8.21. The molecule has 21 heavy (non-hydrogen) atoms. The first-order valence-electron chi connectivity index (χ1n) is 6.43. The molecule has 6 heteroatoms. The van der Waals surface area contributed by atoms with E-state index in [4.69, 9.17) is 14.7 Å². The van der Waals surface area contributed by atoms with Gasteiger partial charge in [-0.05, 0) is 38.1 Å². The number of hydrogen-bond acceptors (Lipinski definition) is 6. The lowest BCUT2D eigenvalue weighted by Gasteiger charge is -2.05. The average molecular weight is 288 g/mol. The van der Waals surface area contributed by atoms with E-state index >= 15 is 0 Å². The number of carbonyl (C=O) groups is 2. The number of nitrogens with zero attached hydrogens (tertiary/aromatic N) is 1. The molecule has 0 saturated heterocycles. The van der Waals surface area contributed by atoms with E-state index in [-0.39, 0.29) is 12.2 Å². The smallest absolute Gasteiger partial charge is 0.350 e. The van der Waals surface area contributed by atoms with E-state index in [9.17, 15) is 9.59 Å². The van der Waals surface area contributed by atoms with Crippen molar-refractivity contribution in [3.05, 3.63) is 41.6 Å². The lowest BCUT2D eigenvalue weighted by Crippen LogP contribution is -2.08. The maximum absolute atomic E-state index is 11.5. The van der Waals surface area contributed by atoms with E-state index in [1.807, 2.05) is 0 Å². The molecule has 0 spiro atoms. The molecule has 0 radical (unpaired) electrons. The molecule has 1 rings (SSSR count). The Morgan fingerprint density at radius 2 is 1.81 bits per heavy atom. The van der Waals surface area contributed by atoms with Gasteiger partial charge in [0.1, 0.15) is 6.07 Å². The molecule has 0 aliphatic carbocycles. The summed E-state index contributed by atoms with van der Waals surface area (Å²) in [6.07, 6.45) is 1.26. The van der Waals surface area contributed by atoms with Gasteiger partial charge < -0.3 is 14.8 Å². The van der Waals surface area contributed by atoms with Crippen LogP contribution in [0.1, 0.15) is 24.2 Å². The van der Waals surface area contributed by atoms with Crippen LogP contribution in [0.25, 0.3) is 0 Å². The van der Waals surface area contributed by atoms with Crippen LogP contribution in [-0.2, 0) is 14.3 Å². The van der Waals surface area contributed by atoms with Crippen LogP contribution in [0.4, 0.5) is 5.69 Å². The van der Waals surface area contributed by atoms with Gasteiger partial charge in [-0.1, -0.05) is 0 Å². The topological polar surface area (TPSA) is 88.4 Å². The van der Waals surface area contributed by atoms with Crippen LogP contribution in [0.15, 0.2) is 36.0 Å². The fourth-order valence-electron chi connectivity index (χ4n) is 1.42. The van der Waals surface area contributed by atoms with E-state index in [0.717, 1.165) is 0 Å². The normalized spacial score (nSPS) is 10.4. The molecule has 1 aromatic rings. The molecule has 0 unspecified atom stereocenters. The van der Waals surface area contributed by atoms with Crippen LogP contribution in [0.2, 0.25) is 0 Å². The fraction of sp³-hybridized carbons (Fsp3) is 0.267. The van der Waals surface area contributed by atoms with Crippen molar-refractivity contribution in [2.75, 3.05) is 18.5 Å². The van der Waals surface area contributed by atoms with Crippen LogP contribution in [0.3, 0.4) is 0 Å². The summed E-state index contributed by atoms with van der Waals surface area (Å²) < 4.78 is 9.60. The van der Waals surface area contributed by atoms with Gasteiger partial charge in [-0.2, -0.15) is 5.26 Å². The largest absolute Gasteiger partial charge is 0.462 e. The number of nitriles is 1. The number of carbonyl (C=O) groups excluding carboxylic acids is 2. The number of ether oxygens (including phenoxy) is 2. The molecule has 1 aromatic carbocycles. The number of esters is 2. The predicted molar refractivity (Wildman–Crippen MR) is 76.4 cm³/mol. The van der Waals surface area contributed by atoms with Crippen LogP contribution in [0.5, 0.6) is 0 Å². The lowest BCUT2D eigenvalue weighted by molar-refractivity contribution is -0.138. The second kappa shape index (κ2) is 8.38. The second-order valence-corrected chi connectivity index (χ2v) is 3.83. The molecular weight excluding hydrogens is 272 g/mol. The van der Waals surface area contributed by atoms with Crippen molar-refractivity contribution >= 4 is 17.6 Å². The summed E-state index contributed by atoms with van der Waals surface area (Å²) in [4.78, 5) is 22.9. The SMILES string of the molecule is CCOC(=O)/C(C#N)=C\Nc1ccc(C(=O)OCC)cc1. The number of hydrogen-bond donors (Lipinski definition) is 1. The van der Waals surface area contributed by atoms with Crippen LogP contribution in [0, 0.1) is 11.3 Å². The molecule has 0 heterocycles. The quantitative estimate of drug-likeness (QED) is 0.490. The summed E-state index contributed by atoms with van der Waals surface area (Å²) in [5.41, 5.74) is 0.920. The first-order valence-corrected chi connectivity index (χ1v) is 6.43. The van der Waals surface area contributed by atoms with Gasteiger partial charge in [0.15, 0.2) is 5.57 Å². The minimum Gasteiger partial charge on any atom is -0.462 e. The fourth-order valence-corrected chi connectivity index (χ4v) is 1.42. The zero-order valence-electron chi connectivity index (χ0n) is 11.9. The van der Waals surface area contributed by atoms with E-state index in [1.54, 1.807) is 44.2 Å². The first kappa shape index (κ1) is 16.2. The Balaban J connectivity index is 2.73. The molecule has 0 aliphatic rings. The summed E-state index contributed by atoms with van der Waals surface area (Å²) in [5.74, 6) is -1.08. The minimum absolute atomic E-state index is 0.133. The molecular formula is C15H16N2O4. The van der Waals surface area contributed by atoms with Gasteiger partial charge in [0.05, 0.1) is 18.8 Å². The number of anilines is 1. The van der Waals surface area contributed by atoms with Crippen molar-refractivity contribution < 1.29 is 19.1 Å². The molecule has 0 amide bonds. The number of nitrogens with one attached hydrogen (secondary N) is 1. The van der Waals surface area contributed by atoms with Crippen molar-refractivity contribution in [2.45, 2.75) is 13.8 Å². The van der Waals surface area contributed by atoms with Crippen LogP contribution >= 0.6 is 0 Å². The third kappa shape index (κ3) is 4.99. The Morgan fingerprint density at radius 1 is 1.19 bits per heavy atom. The van der Waals surface area contributed by atoms with Crippen LogP contribution < -0.4 is 5.32 Å². The third-order valence-electron chi connectivity index (χ3n) is 2.40. The minimum atomic E-state index is -0.685. The van der Waals surface area contributed by atoms with Crippen molar-refractivity contribution in [1.82, 2.24) is 0 Å². The van der Waals surface area contributed by atoms with Gasteiger partial charge in [-0.3, -0.25) is 0 Å². The van der Waals surface area contributed by atoms with Crippen molar-refractivity contribution in [3.8, 4) is 6.07 Å². The molecule has 6 nitrogen and oxygen atoms in total. The summed E-state index contributed by atoms with van der Waals surface area (Å²) in [7, 11) is 0. The predicted octanol–water partition coefficient (Wildman–Crippen LogP) is 2.25. The number of benzene rings is 1. The summed E-state index contributed by atoms with van der Waals surface area (Å²) in [5, 5.41) is 11.7. The Hall–Kier alpha value is -2.81. The lowest BCUT2D eigenvalue weighted by atomic mass is 10.2. The third-order valence-corrected chi connectivity index (χ3v) is 2.40. The van der Waals surface area contributed by atoms with Gasteiger partial charge in [0, 0.05) is 11.9 Å². The van der Waals surface area contributed by atoms with Gasteiger partial charge >= 0.3 is 11.9 Å². The van der Waals surface area contributed by atoms with E-state index in [1.165, 1.54) is 6.20 Å². The maximum Gasteiger partial charge on any atom is 0.350 e. The highest BCUT2D eigenvalue weighted by Gasteiger charge is 2.09. The van der Waals surface area contributed by atoms with E-state index in [2.05, 4.69) is 5.32 Å². The molecule has 0 bridgehead atoms. The van der Waals surface area contributed by atoms with Gasteiger partial charge in [-0.15, -0.1) is 0 Å². The average Bonchev–Trinajstić information content (AvgIpc) is 2.49. The molecule has 0 atom stereocenters. The Morgan fingerprint density at radius 3 is 2.33 bits per heavy atom. The van der Waals surface area contributed by atoms with E-state index < -0.39 is 11.9 Å². The summed E-state index contributed by atoms with van der Waals surface area (Å²) in [6.45, 7) is 3.91. The molecule has 110 valence electrons. The molecule has 0 aromatic heterocycles. The first-order chi connectivity index (χ1) is 10.1. The Labute approximate surface area is 123 Å². The number of rotatable bonds is 6. The molecule has 1 N–H and O–H groups in total. The van der Waals surface area contributed by atoms with Crippen molar-refractivity contribution in [1.29, 1.82) is 5.26 Å². The molecule has 0 aliphatic heterocycles. The highest BCUT2D eigenvalue weighted by atomic mass is 16.5. The highest BCUT2D eigenvalue weighted by molar-refractivity contribution is 5.93. The monoisotopic (exact) mass is 288 g/mol. The van der Waals surface area contributed by atoms with Crippen LogP contribution in [-0.4, -0.2) is 25.2 Å². The second-order valence-electron chi connectivity index (χ2n) is 3.83. The zero-order chi connectivity index (χ0) is 15.7. The highest BCUT2D eigenvalue weighted by Crippen LogP contribution is 2.11. The van der Waals surface area contributed by atoms with Gasteiger partial charge in [-0.25, -0.2) is 9.59 Å². The molecule has 0 saturated carbocycles. The van der Waals surface area contributed by atoms with Gasteiger partial charge in [0.25, 0.3) is 0 Å². The Bertz CT molecular complexity index is 570. The van der Waals surface area contributed by atoms with Gasteiger partial charge in [0.2, 0.25) is 0 Å². The molecule has 0 fully saturated rings. The zero-order valence-corrected chi connectivity index (χ0v) is 11.9. The Kier molecular flexibility index (Phi) is 6.48. The standard InChI is InChI=1S/C15H16N2O4/c1-3-20-14(18)11-5-7-13(8-6-11)17-10-12(9-16)15(19)21-4-2/h5-8,10,17H,3-4H2,1-2H3/b12-10-. The maximum atomic E-state index is 11.5. The van der Waals surface area contributed by atoms with E-state index in [0.29, 0.717) is 17.9 Å².